The Hall–Kier alpha value is -1.63. The number of ether oxygens (including phenoxy) is 1. The lowest BCUT2D eigenvalue weighted by Gasteiger charge is -2.25. The Kier molecular flexibility index (Phi) is 6.61. The number of hydrogen-bond donors (Lipinski definition) is 4. The van der Waals surface area contributed by atoms with Crippen molar-refractivity contribution in [1.82, 2.24) is 5.32 Å². The summed E-state index contributed by atoms with van der Waals surface area (Å²) in [6.45, 7) is 3.67. The fourth-order valence-electron chi connectivity index (χ4n) is 2.11. The Morgan fingerprint density at radius 1 is 1.38 bits per heavy atom. The van der Waals surface area contributed by atoms with Crippen LogP contribution in [0.3, 0.4) is 0 Å². The first-order valence-electron chi connectivity index (χ1n) is 6.81. The van der Waals surface area contributed by atoms with E-state index in [0.29, 0.717) is 11.3 Å². The van der Waals surface area contributed by atoms with Gasteiger partial charge in [0.25, 0.3) is 0 Å². The van der Waals surface area contributed by atoms with Crippen molar-refractivity contribution in [3.63, 3.8) is 0 Å². The SMILES string of the molecule is COc1ccc(C)cc1C(O)C(CC(=O)O)NCC(C)O. The lowest BCUT2D eigenvalue weighted by molar-refractivity contribution is -0.138. The second-order valence-corrected chi connectivity index (χ2v) is 5.15. The first kappa shape index (κ1) is 17.4. The summed E-state index contributed by atoms with van der Waals surface area (Å²) in [5.41, 5.74) is 1.47. The highest BCUT2D eigenvalue weighted by atomic mass is 16.5. The van der Waals surface area contributed by atoms with Gasteiger partial charge in [0.05, 0.1) is 25.7 Å². The highest BCUT2D eigenvalue weighted by Gasteiger charge is 2.26. The van der Waals surface area contributed by atoms with E-state index < -0.39 is 24.2 Å². The van der Waals surface area contributed by atoms with E-state index in [4.69, 9.17) is 9.84 Å². The summed E-state index contributed by atoms with van der Waals surface area (Å²) in [7, 11) is 1.50. The molecule has 0 aliphatic rings. The summed E-state index contributed by atoms with van der Waals surface area (Å²) >= 11 is 0. The molecule has 0 aliphatic carbocycles. The van der Waals surface area contributed by atoms with Gasteiger partial charge < -0.3 is 25.4 Å². The normalized spacial score (nSPS) is 15.3. The summed E-state index contributed by atoms with van der Waals surface area (Å²) in [6, 6.07) is 4.64. The van der Waals surface area contributed by atoms with Crippen LogP contribution in [0.4, 0.5) is 0 Å². The predicted molar refractivity (Wildman–Crippen MR) is 78.4 cm³/mol. The Morgan fingerprint density at radius 2 is 2.05 bits per heavy atom. The van der Waals surface area contributed by atoms with Crippen molar-refractivity contribution in [2.45, 2.75) is 38.5 Å². The third-order valence-electron chi connectivity index (χ3n) is 3.15. The smallest absolute Gasteiger partial charge is 0.305 e. The standard InChI is InChI=1S/C15H23NO5/c1-9-4-5-13(21-3)11(6-9)15(20)12(7-14(18)19)16-8-10(2)17/h4-6,10,12,15-17,20H,7-8H2,1-3H3,(H,18,19). The molecule has 1 rings (SSSR count). The number of carboxylic acids is 1. The molecule has 0 aromatic heterocycles. The molecule has 3 unspecified atom stereocenters. The third-order valence-corrected chi connectivity index (χ3v) is 3.15. The topological polar surface area (TPSA) is 99.0 Å². The molecule has 3 atom stereocenters. The second kappa shape index (κ2) is 7.97. The average Bonchev–Trinajstić information content (AvgIpc) is 2.42. The first-order valence-corrected chi connectivity index (χ1v) is 6.81. The van der Waals surface area contributed by atoms with E-state index in [1.165, 1.54) is 7.11 Å². The Bertz CT molecular complexity index is 475. The number of hydrogen-bond acceptors (Lipinski definition) is 5. The van der Waals surface area contributed by atoms with E-state index in [9.17, 15) is 15.0 Å². The van der Waals surface area contributed by atoms with Gasteiger partial charge in [-0.25, -0.2) is 0 Å². The minimum atomic E-state index is -1.05. The quantitative estimate of drug-likeness (QED) is 0.568. The number of nitrogens with one attached hydrogen (secondary N) is 1. The van der Waals surface area contributed by atoms with E-state index in [1.54, 1.807) is 19.1 Å². The number of carboxylic acid groups (broad SMARTS) is 1. The van der Waals surface area contributed by atoms with E-state index >= 15 is 0 Å². The van der Waals surface area contributed by atoms with E-state index in [1.807, 2.05) is 13.0 Å². The van der Waals surface area contributed by atoms with Crippen LogP contribution in [0.15, 0.2) is 18.2 Å². The number of aliphatic carboxylic acids is 1. The Labute approximate surface area is 124 Å². The van der Waals surface area contributed by atoms with Crippen molar-refractivity contribution in [3.05, 3.63) is 29.3 Å². The lowest BCUT2D eigenvalue weighted by Crippen LogP contribution is -2.40. The van der Waals surface area contributed by atoms with Gasteiger partial charge >= 0.3 is 5.97 Å². The van der Waals surface area contributed by atoms with Crippen LogP contribution in [0.2, 0.25) is 0 Å². The van der Waals surface area contributed by atoms with Crippen molar-refractivity contribution in [2.24, 2.45) is 0 Å². The highest BCUT2D eigenvalue weighted by Crippen LogP contribution is 2.29. The zero-order valence-corrected chi connectivity index (χ0v) is 12.5. The summed E-state index contributed by atoms with van der Waals surface area (Å²) in [5, 5.41) is 31.7. The first-order chi connectivity index (χ1) is 9.85. The number of benzene rings is 1. The van der Waals surface area contributed by atoms with Crippen LogP contribution in [0.1, 0.15) is 30.6 Å². The number of rotatable bonds is 8. The van der Waals surface area contributed by atoms with Gasteiger partial charge in [-0.1, -0.05) is 11.6 Å². The lowest BCUT2D eigenvalue weighted by atomic mass is 9.97. The van der Waals surface area contributed by atoms with Crippen LogP contribution in [0.25, 0.3) is 0 Å². The van der Waals surface area contributed by atoms with Gasteiger partial charge in [-0.05, 0) is 26.0 Å². The van der Waals surface area contributed by atoms with Gasteiger partial charge in [0.15, 0.2) is 0 Å². The monoisotopic (exact) mass is 297 g/mol. The summed E-state index contributed by atoms with van der Waals surface area (Å²) < 4.78 is 5.22. The van der Waals surface area contributed by atoms with E-state index in [2.05, 4.69) is 5.32 Å². The Balaban J connectivity index is 3.00. The van der Waals surface area contributed by atoms with Gasteiger partial charge in [0.1, 0.15) is 5.75 Å². The average molecular weight is 297 g/mol. The third kappa shape index (κ3) is 5.34. The molecular formula is C15H23NO5. The predicted octanol–water partition coefficient (Wildman–Crippen LogP) is 0.851. The molecule has 0 radical (unpaired) electrons. The van der Waals surface area contributed by atoms with Crippen LogP contribution >= 0.6 is 0 Å². The molecule has 21 heavy (non-hydrogen) atoms. The number of aliphatic hydroxyl groups is 2. The van der Waals surface area contributed by atoms with Gasteiger partial charge in [0, 0.05) is 18.2 Å². The van der Waals surface area contributed by atoms with Gasteiger partial charge in [-0.3, -0.25) is 4.79 Å². The number of aryl methyl sites for hydroxylation is 1. The van der Waals surface area contributed by atoms with Crippen LogP contribution in [-0.4, -0.2) is 47.1 Å². The summed E-state index contributed by atoms with van der Waals surface area (Å²) in [5.74, 6) is -0.522. The minimum Gasteiger partial charge on any atom is -0.496 e. The largest absolute Gasteiger partial charge is 0.496 e. The van der Waals surface area contributed by atoms with Crippen molar-refractivity contribution in [3.8, 4) is 5.75 Å². The molecule has 1 aromatic rings. The van der Waals surface area contributed by atoms with Crippen LogP contribution in [0.5, 0.6) is 5.75 Å². The number of aliphatic hydroxyl groups excluding tert-OH is 2. The molecule has 4 N–H and O–H groups in total. The van der Waals surface area contributed by atoms with E-state index in [0.717, 1.165) is 5.56 Å². The Morgan fingerprint density at radius 3 is 2.57 bits per heavy atom. The fourth-order valence-corrected chi connectivity index (χ4v) is 2.11. The zero-order chi connectivity index (χ0) is 16.0. The number of methoxy groups -OCH3 is 1. The molecule has 0 saturated carbocycles. The van der Waals surface area contributed by atoms with Crippen molar-refractivity contribution < 1.29 is 24.9 Å². The molecule has 0 amide bonds. The van der Waals surface area contributed by atoms with Gasteiger partial charge in [-0.15, -0.1) is 0 Å². The highest BCUT2D eigenvalue weighted by molar-refractivity contribution is 5.67. The molecule has 0 spiro atoms. The van der Waals surface area contributed by atoms with Crippen molar-refractivity contribution in [2.75, 3.05) is 13.7 Å². The van der Waals surface area contributed by atoms with Crippen LogP contribution in [-0.2, 0) is 4.79 Å². The molecule has 0 heterocycles. The maximum Gasteiger partial charge on any atom is 0.305 e. The zero-order valence-electron chi connectivity index (χ0n) is 12.5. The number of carbonyl (C=O) groups is 1. The molecule has 1 aromatic carbocycles. The van der Waals surface area contributed by atoms with E-state index in [-0.39, 0.29) is 13.0 Å². The molecule has 0 saturated heterocycles. The minimum absolute atomic E-state index is 0.198. The molecular weight excluding hydrogens is 274 g/mol. The van der Waals surface area contributed by atoms with Gasteiger partial charge in [0.2, 0.25) is 0 Å². The summed E-state index contributed by atoms with van der Waals surface area (Å²) in [4.78, 5) is 11.0. The van der Waals surface area contributed by atoms with Crippen molar-refractivity contribution >= 4 is 5.97 Å². The van der Waals surface area contributed by atoms with Crippen molar-refractivity contribution in [1.29, 1.82) is 0 Å². The molecule has 0 bridgehead atoms. The molecule has 0 fully saturated rings. The fraction of sp³-hybridized carbons (Fsp3) is 0.533. The molecule has 6 heteroatoms. The summed E-state index contributed by atoms with van der Waals surface area (Å²) in [6.07, 6.45) is -1.94. The maximum atomic E-state index is 11.0. The van der Waals surface area contributed by atoms with Crippen LogP contribution < -0.4 is 10.1 Å². The molecule has 6 nitrogen and oxygen atoms in total. The molecule has 0 aliphatic heterocycles. The second-order valence-electron chi connectivity index (χ2n) is 5.15. The molecule has 118 valence electrons. The van der Waals surface area contributed by atoms with Gasteiger partial charge in [-0.2, -0.15) is 0 Å². The maximum absolute atomic E-state index is 11.0. The van der Waals surface area contributed by atoms with Crippen LogP contribution in [0, 0.1) is 6.92 Å².